The van der Waals surface area contributed by atoms with Gasteiger partial charge in [0.1, 0.15) is 5.92 Å². The number of hydrogen-bond donors (Lipinski definition) is 2. The molecule has 0 radical (unpaired) electrons. The Balaban J connectivity index is 2.12. The number of aryl methyl sites for hydroxylation is 1. The summed E-state index contributed by atoms with van der Waals surface area (Å²) in [5, 5.41) is 12.0. The Morgan fingerprint density at radius 1 is 1.38 bits per heavy atom. The molecule has 1 heterocycles. The molecular formula is C15H20N2O4. The number of nitrogens with one attached hydrogen (secondary N) is 1. The Hall–Kier alpha value is -2.08. The molecule has 21 heavy (non-hydrogen) atoms. The largest absolute Gasteiger partial charge is 0.481 e. The Morgan fingerprint density at radius 2 is 2.10 bits per heavy atom. The van der Waals surface area contributed by atoms with Crippen LogP contribution in [0.5, 0.6) is 0 Å². The van der Waals surface area contributed by atoms with Crippen LogP contribution < -0.4 is 5.32 Å². The van der Waals surface area contributed by atoms with E-state index in [4.69, 9.17) is 4.74 Å². The fourth-order valence-electron chi connectivity index (χ4n) is 2.51. The second-order valence-electron chi connectivity index (χ2n) is 5.08. The lowest BCUT2D eigenvalue weighted by molar-refractivity contribution is -0.142. The number of benzene rings is 1. The number of likely N-dealkylation sites (N-methyl/N-ethyl adjacent to an activating group) is 1. The molecule has 6 nitrogen and oxygen atoms in total. The molecule has 2 N–H and O–H groups in total. The van der Waals surface area contributed by atoms with Crippen LogP contribution in [0.3, 0.4) is 0 Å². The van der Waals surface area contributed by atoms with Gasteiger partial charge in [-0.05, 0) is 25.5 Å². The highest BCUT2D eigenvalue weighted by atomic mass is 16.5. The van der Waals surface area contributed by atoms with Crippen molar-refractivity contribution in [3.05, 3.63) is 29.8 Å². The van der Waals surface area contributed by atoms with Crippen molar-refractivity contribution < 1.29 is 19.4 Å². The lowest BCUT2D eigenvalue weighted by Gasteiger charge is -2.29. The van der Waals surface area contributed by atoms with Gasteiger partial charge < -0.3 is 20.1 Å². The molecule has 0 aromatic heterocycles. The maximum atomic E-state index is 12.4. The normalized spacial score (nSPS) is 21.0. The molecule has 1 aromatic rings. The Kier molecular flexibility index (Phi) is 4.80. The number of para-hydroxylation sites is 1. The van der Waals surface area contributed by atoms with Crippen LogP contribution in [-0.4, -0.2) is 47.8 Å². The molecule has 0 spiro atoms. The molecule has 6 heteroatoms. The monoisotopic (exact) mass is 292 g/mol. The highest BCUT2D eigenvalue weighted by Gasteiger charge is 2.39. The van der Waals surface area contributed by atoms with E-state index >= 15 is 0 Å². The summed E-state index contributed by atoms with van der Waals surface area (Å²) >= 11 is 0. The first-order chi connectivity index (χ1) is 10.0. The molecule has 2 amide bonds. The molecule has 0 aliphatic carbocycles. The van der Waals surface area contributed by atoms with Gasteiger partial charge in [0.15, 0.2) is 0 Å². The molecule has 2 unspecified atom stereocenters. The van der Waals surface area contributed by atoms with Gasteiger partial charge in [0.2, 0.25) is 0 Å². The molecule has 2 atom stereocenters. The maximum Gasteiger partial charge on any atom is 0.322 e. The van der Waals surface area contributed by atoms with Crippen molar-refractivity contribution in [2.75, 3.05) is 25.1 Å². The van der Waals surface area contributed by atoms with Crippen molar-refractivity contribution in [3.8, 4) is 0 Å². The molecule has 0 saturated carbocycles. The van der Waals surface area contributed by atoms with Gasteiger partial charge >= 0.3 is 12.0 Å². The molecule has 114 valence electrons. The Morgan fingerprint density at radius 3 is 2.71 bits per heavy atom. The van der Waals surface area contributed by atoms with Crippen molar-refractivity contribution in [2.45, 2.75) is 19.9 Å². The Labute approximate surface area is 123 Å². The highest BCUT2D eigenvalue weighted by molar-refractivity contribution is 5.90. The van der Waals surface area contributed by atoms with Gasteiger partial charge in [-0.15, -0.1) is 0 Å². The number of urea groups is 1. The molecule has 2 rings (SSSR count). The van der Waals surface area contributed by atoms with Crippen LogP contribution in [-0.2, 0) is 9.53 Å². The van der Waals surface area contributed by atoms with Gasteiger partial charge in [0.25, 0.3) is 0 Å². The van der Waals surface area contributed by atoms with Crippen LogP contribution in [0.4, 0.5) is 10.5 Å². The minimum absolute atomic E-state index is 0.147. The van der Waals surface area contributed by atoms with Crippen molar-refractivity contribution in [2.24, 2.45) is 5.92 Å². The predicted octanol–water partition coefficient (Wildman–Crippen LogP) is 1.95. The van der Waals surface area contributed by atoms with Crippen LogP contribution in [0.15, 0.2) is 24.3 Å². The van der Waals surface area contributed by atoms with E-state index in [0.717, 1.165) is 11.3 Å². The maximum absolute atomic E-state index is 12.4. The zero-order valence-corrected chi connectivity index (χ0v) is 12.2. The molecule has 1 aliphatic heterocycles. The zero-order valence-electron chi connectivity index (χ0n) is 12.2. The topological polar surface area (TPSA) is 78.9 Å². The summed E-state index contributed by atoms with van der Waals surface area (Å²) in [6.45, 7) is 4.56. The number of nitrogens with zero attached hydrogens (tertiary/aromatic N) is 1. The SMILES string of the molecule is CCN(C(=O)Nc1ccccc1C)C1COCC1C(=O)O. The van der Waals surface area contributed by atoms with Crippen LogP contribution >= 0.6 is 0 Å². The second-order valence-corrected chi connectivity index (χ2v) is 5.08. The van der Waals surface area contributed by atoms with E-state index in [-0.39, 0.29) is 19.2 Å². The number of carboxylic acids is 1. The van der Waals surface area contributed by atoms with Gasteiger partial charge in [-0.25, -0.2) is 4.79 Å². The van der Waals surface area contributed by atoms with E-state index in [1.807, 2.05) is 38.1 Å². The quantitative estimate of drug-likeness (QED) is 0.889. The number of hydrogen-bond acceptors (Lipinski definition) is 3. The molecule has 1 saturated heterocycles. The number of carbonyl (C=O) groups excluding carboxylic acids is 1. The van der Waals surface area contributed by atoms with Crippen molar-refractivity contribution in [1.29, 1.82) is 0 Å². The van der Waals surface area contributed by atoms with Crippen molar-refractivity contribution in [1.82, 2.24) is 4.90 Å². The second kappa shape index (κ2) is 6.58. The molecular weight excluding hydrogens is 272 g/mol. The third-order valence-corrected chi connectivity index (χ3v) is 3.76. The number of rotatable bonds is 4. The minimum atomic E-state index is -0.931. The fourth-order valence-corrected chi connectivity index (χ4v) is 2.51. The summed E-state index contributed by atoms with van der Waals surface area (Å²) in [6, 6.07) is 6.74. The highest BCUT2D eigenvalue weighted by Crippen LogP contribution is 2.22. The van der Waals surface area contributed by atoms with E-state index in [1.54, 1.807) is 0 Å². The lowest BCUT2D eigenvalue weighted by Crippen LogP contribution is -2.48. The van der Waals surface area contributed by atoms with Crippen LogP contribution in [0.25, 0.3) is 0 Å². The van der Waals surface area contributed by atoms with E-state index in [0.29, 0.717) is 6.54 Å². The first-order valence-electron chi connectivity index (χ1n) is 6.98. The predicted molar refractivity (Wildman–Crippen MR) is 78.3 cm³/mol. The molecule has 1 aromatic carbocycles. The van der Waals surface area contributed by atoms with E-state index in [1.165, 1.54) is 4.90 Å². The third kappa shape index (κ3) is 3.33. The van der Waals surface area contributed by atoms with Crippen LogP contribution in [0.1, 0.15) is 12.5 Å². The van der Waals surface area contributed by atoms with Gasteiger partial charge in [-0.1, -0.05) is 18.2 Å². The first-order valence-corrected chi connectivity index (χ1v) is 6.98. The summed E-state index contributed by atoms with van der Waals surface area (Å²) in [7, 11) is 0. The summed E-state index contributed by atoms with van der Waals surface area (Å²) in [5.74, 6) is -1.60. The molecule has 0 bridgehead atoms. The number of carboxylic acid groups (broad SMARTS) is 1. The van der Waals surface area contributed by atoms with E-state index in [9.17, 15) is 14.7 Å². The number of ether oxygens (including phenoxy) is 1. The third-order valence-electron chi connectivity index (χ3n) is 3.76. The van der Waals surface area contributed by atoms with Gasteiger partial charge in [-0.2, -0.15) is 0 Å². The van der Waals surface area contributed by atoms with Crippen molar-refractivity contribution >= 4 is 17.7 Å². The summed E-state index contributed by atoms with van der Waals surface area (Å²) in [4.78, 5) is 25.2. The zero-order chi connectivity index (χ0) is 15.4. The fraction of sp³-hybridized carbons (Fsp3) is 0.467. The number of carbonyl (C=O) groups is 2. The molecule has 1 aliphatic rings. The Bertz CT molecular complexity index is 532. The van der Waals surface area contributed by atoms with Crippen molar-refractivity contribution in [3.63, 3.8) is 0 Å². The van der Waals surface area contributed by atoms with E-state index in [2.05, 4.69) is 5.32 Å². The van der Waals surface area contributed by atoms with Crippen LogP contribution in [0.2, 0.25) is 0 Å². The smallest absolute Gasteiger partial charge is 0.322 e. The molecule has 1 fully saturated rings. The lowest BCUT2D eigenvalue weighted by atomic mass is 10.0. The minimum Gasteiger partial charge on any atom is -0.481 e. The van der Waals surface area contributed by atoms with Crippen LogP contribution in [0, 0.1) is 12.8 Å². The number of anilines is 1. The summed E-state index contributed by atoms with van der Waals surface area (Å²) in [6.07, 6.45) is 0. The number of aliphatic carboxylic acids is 1. The van der Waals surface area contributed by atoms with E-state index < -0.39 is 17.9 Å². The van der Waals surface area contributed by atoms with Gasteiger partial charge in [0, 0.05) is 12.2 Å². The number of amides is 2. The summed E-state index contributed by atoms with van der Waals surface area (Å²) < 4.78 is 5.24. The first kappa shape index (κ1) is 15.3. The summed E-state index contributed by atoms with van der Waals surface area (Å²) in [5.41, 5.74) is 1.69. The van der Waals surface area contributed by atoms with Gasteiger partial charge in [0.05, 0.1) is 19.3 Å². The standard InChI is InChI=1S/C15H20N2O4/c1-3-17(13-9-21-8-11(13)14(18)19)15(20)16-12-7-5-4-6-10(12)2/h4-7,11,13H,3,8-9H2,1-2H3,(H,16,20)(H,18,19). The average Bonchev–Trinajstić information content (AvgIpc) is 2.91. The van der Waals surface area contributed by atoms with Gasteiger partial charge in [-0.3, -0.25) is 4.79 Å². The average molecular weight is 292 g/mol.